The average molecular weight is 245 g/mol. The standard InChI is InChI=1S/C15H19NO2/c1-4-13-14(18-8-7-17-13)9-11(1)15(5-6-15)10-16-12-2-3-12/h1,4,9,12,16H,2-3,5-8,10H2. The van der Waals surface area contributed by atoms with Gasteiger partial charge in [0.25, 0.3) is 0 Å². The number of hydrogen-bond donors (Lipinski definition) is 1. The van der Waals surface area contributed by atoms with Crippen LogP contribution in [0.25, 0.3) is 0 Å². The number of hydrogen-bond acceptors (Lipinski definition) is 3. The summed E-state index contributed by atoms with van der Waals surface area (Å²) in [6.07, 6.45) is 5.31. The van der Waals surface area contributed by atoms with Crippen molar-refractivity contribution in [3.8, 4) is 11.5 Å². The molecule has 0 saturated heterocycles. The largest absolute Gasteiger partial charge is 0.486 e. The van der Waals surface area contributed by atoms with E-state index < -0.39 is 0 Å². The van der Waals surface area contributed by atoms with Crippen LogP contribution in [0.4, 0.5) is 0 Å². The molecule has 1 heterocycles. The molecule has 3 nitrogen and oxygen atoms in total. The summed E-state index contributed by atoms with van der Waals surface area (Å²) in [5.74, 6) is 1.83. The molecule has 0 radical (unpaired) electrons. The Kier molecular flexibility index (Phi) is 2.31. The summed E-state index contributed by atoms with van der Waals surface area (Å²) in [4.78, 5) is 0. The van der Waals surface area contributed by atoms with Gasteiger partial charge in [-0.05, 0) is 43.4 Å². The van der Waals surface area contributed by atoms with Gasteiger partial charge in [-0.15, -0.1) is 0 Å². The van der Waals surface area contributed by atoms with Gasteiger partial charge in [0.1, 0.15) is 13.2 Å². The van der Waals surface area contributed by atoms with Crippen molar-refractivity contribution in [2.75, 3.05) is 19.8 Å². The lowest BCUT2D eigenvalue weighted by atomic mass is 9.95. The second-order valence-corrected chi connectivity index (χ2v) is 5.79. The lowest BCUT2D eigenvalue weighted by Crippen LogP contribution is -2.28. The molecule has 18 heavy (non-hydrogen) atoms. The summed E-state index contributed by atoms with van der Waals surface area (Å²) in [5, 5.41) is 3.67. The van der Waals surface area contributed by atoms with E-state index in [2.05, 4.69) is 23.5 Å². The van der Waals surface area contributed by atoms with E-state index in [1.165, 1.54) is 31.2 Å². The van der Waals surface area contributed by atoms with Gasteiger partial charge in [-0.2, -0.15) is 0 Å². The third-order valence-corrected chi connectivity index (χ3v) is 4.31. The van der Waals surface area contributed by atoms with Crippen molar-refractivity contribution < 1.29 is 9.47 Å². The molecule has 1 aromatic rings. The molecule has 0 aromatic heterocycles. The van der Waals surface area contributed by atoms with Gasteiger partial charge in [0, 0.05) is 18.0 Å². The van der Waals surface area contributed by atoms with Gasteiger partial charge in [0.2, 0.25) is 0 Å². The fourth-order valence-electron chi connectivity index (χ4n) is 2.72. The monoisotopic (exact) mass is 245 g/mol. The minimum Gasteiger partial charge on any atom is -0.486 e. The Hall–Kier alpha value is -1.22. The maximum absolute atomic E-state index is 5.68. The van der Waals surface area contributed by atoms with Crippen LogP contribution in [-0.4, -0.2) is 25.8 Å². The molecule has 3 aliphatic rings. The molecule has 2 saturated carbocycles. The van der Waals surface area contributed by atoms with Crippen LogP contribution in [0.3, 0.4) is 0 Å². The first-order valence-electron chi connectivity index (χ1n) is 6.99. The van der Waals surface area contributed by atoms with Crippen LogP contribution >= 0.6 is 0 Å². The van der Waals surface area contributed by atoms with Crippen molar-refractivity contribution in [2.24, 2.45) is 0 Å². The van der Waals surface area contributed by atoms with E-state index in [0.29, 0.717) is 18.6 Å². The highest BCUT2D eigenvalue weighted by Gasteiger charge is 2.45. The first kappa shape index (κ1) is 10.7. The van der Waals surface area contributed by atoms with Crippen LogP contribution in [0.15, 0.2) is 18.2 Å². The maximum Gasteiger partial charge on any atom is 0.161 e. The smallest absolute Gasteiger partial charge is 0.161 e. The van der Waals surface area contributed by atoms with Crippen LogP contribution in [0, 0.1) is 0 Å². The summed E-state index contributed by atoms with van der Waals surface area (Å²) in [5.41, 5.74) is 1.79. The van der Waals surface area contributed by atoms with Crippen LogP contribution in [0.5, 0.6) is 11.5 Å². The van der Waals surface area contributed by atoms with Crippen LogP contribution in [0.1, 0.15) is 31.2 Å². The van der Waals surface area contributed by atoms with Gasteiger partial charge in [0.15, 0.2) is 11.5 Å². The normalized spacial score (nSPS) is 23.8. The van der Waals surface area contributed by atoms with Gasteiger partial charge in [0.05, 0.1) is 0 Å². The molecular formula is C15H19NO2. The van der Waals surface area contributed by atoms with Gasteiger partial charge in [-0.25, -0.2) is 0 Å². The van der Waals surface area contributed by atoms with Crippen molar-refractivity contribution in [1.82, 2.24) is 5.32 Å². The zero-order valence-electron chi connectivity index (χ0n) is 10.6. The summed E-state index contributed by atoms with van der Waals surface area (Å²) in [6.45, 7) is 2.46. The predicted octanol–water partition coefficient (Wildman–Crippen LogP) is 2.24. The second kappa shape index (κ2) is 3.89. The van der Waals surface area contributed by atoms with E-state index in [0.717, 1.165) is 24.1 Å². The van der Waals surface area contributed by atoms with E-state index in [1.54, 1.807) is 0 Å². The average Bonchev–Trinajstić information content (AvgIpc) is 3.29. The fourth-order valence-corrected chi connectivity index (χ4v) is 2.72. The van der Waals surface area contributed by atoms with E-state index in [1.807, 2.05) is 0 Å². The van der Waals surface area contributed by atoms with Gasteiger partial charge >= 0.3 is 0 Å². The molecule has 96 valence electrons. The Bertz CT molecular complexity index is 464. The predicted molar refractivity (Wildman–Crippen MR) is 69.4 cm³/mol. The molecular weight excluding hydrogens is 226 g/mol. The minimum atomic E-state index is 0.373. The molecule has 0 bridgehead atoms. The Morgan fingerprint density at radius 1 is 1.11 bits per heavy atom. The van der Waals surface area contributed by atoms with Crippen molar-refractivity contribution in [3.05, 3.63) is 23.8 Å². The molecule has 1 aliphatic heterocycles. The topological polar surface area (TPSA) is 30.5 Å². The minimum absolute atomic E-state index is 0.373. The van der Waals surface area contributed by atoms with E-state index in [9.17, 15) is 0 Å². The molecule has 2 fully saturated rings. The lowest BCUT2D eigenvalue weighted by molar-refractivity contribution is 0.171. The second-order valence-electron chi connectivity index (χ2n) is 5.79. The summed E-state index contributed by atoms with van der Waals surface area (Å²) < 4.78 is 11.3. The summed E-state index contributed by atoms with van der Waals surface area (Å²) >= 11 is 0. The van der Waals surface area contributed by atoms with Crippen LogP contribution < -0.4 is 14.8 Å². The highest BCUT2D eigenvalue weighted by Crippen LogP contribution is 2.50. The molecule has 4 rings (SSSR count). The third-order valence-electron chi connectivity index (χ3n) is 4.31. The van der Waals surface area contributed by atoms with Gasteiger partial charge < -0.3 is 14.8 Å². The van der Waals surface area contributed by atoms with Crippen molar-refractivity contribution in [3.63, 3.8) is 0 Å². The molecule has 2 aliphatic carbocycles. The van der Waals surface area contributed by atoms with E-state index in [-0.39, 0.29) is 0 Å². The first-order valence-corrected chi connectivity index (χ1v) is 6.99. The number of nitrogens with one attached hydrogen (secondary N) is 1. The SMILES string of the molecule is c1cc2c(cc1C1(CNC3CC3)CC1)OCCO2. The molecule has 1 N–H and O–H groups in total. The van der Waals surface area contributed by atoms with Gasteiger partial charge in [-0.3, -0.25) is 0 Å². The van der Waals surface area contributed by atoms with E-state index >= 15 is 0 Å². The molecule has 0 unspecified atom stereocenters. The highest BCUT2D eigenvalue weighted by molar-refractivity contribution is 5.47. The Labute approximate surface area is 107 Å². The zero-order valence-corrected chi connectivity index (χ0v) is 10.6. The zero-order chi connectivity index (χ0) is 12.0. The van der Waals surface area contributed by atoms with Gasteiger partial charge in [-0.1, -0.05) is 6.07 Å². The Balaban J connectivity index is 1.55. The fraction of sp³-hybridized carbons (Fsp3) is 0.600. The number of rotatable bonds is 4. The molecule has 0 amide bonds. The number of fused-ring (bicyclic) bond motifs is 1. The molecule has 3 heteroatoms. The maximum atomic E-state index is 5.68. The first-order chi connectivity index (χ1) is 8.86. The molecule has 0 spiro atoms. The summed E-state index contributed by atoms with van der Waals surface area (Å²) in [7, 11) is 0. The van der Waals surface area contributed by atoms with E-state index in [4.69, 9.17) is 9.47 Å². The number of benzene rings is 1. The van der Waals surface area contributed by atoms with Crippen LogP contribution in [-0.2, 0) is 5.41 Å². The molecule has 1 aromatic carbocycles. The number of ether oxygens (including phenoxy) is 2. The lowest BCUT2D eigenvalue weighted by Gasteiger charge is -2.22. The van der Waals surface area contributed by atoms with Crippen LogP contribution in [0.2, 0.25) is 0 Å². The van der Waals surface area contributed by atoms with Crippen molar-refractivity contribution in [2.45, 2.75) is 37.1 Å². The Morgan fingerprint density at radius 3 is 2.61 bits per heavy atom. The van der Waals surface area contributed by atoms with Crippen molar-refractivity contribution in [1.29, 1.82) is 0 Å². The third kappa shape index (κ3) is 1.87. The summed E-state index contributed by atoms with van der Waals surface area (Å²) in [6, 6.07) is 7.27. The molecule has 0 atom stereocenters. The Morgan fingerprint density at radius 2 is 1.89 bits per heavy atom. The quantitative estimate of drug-likeness (QED) is 0.882. The van der Waals surface area contributed by atoms with Crippen molar-refractivity contribution >= 4 is 0 Å². The highest BCUT2D eigenvalue weighted by atomic mass is 16.6.